The van der Waals surface area contributed by atoms with Gasteiger partial charge in [0.25, 0.3) is 0 Å². The Labute approximate surface area is 85.0 Å². The number of rotatable bonds is 1. The summed E-state index contributed by atoms with van der Waals surface area (Å²) in [5.41, 5.74) is 0.113. The zero-order valence-corrected chi connectivity index (χ0v) is 8.14. The van der Waals surface area contributed by atoms with Crippen LogP contribution in [0, 0.1) is 11.2 Å². The topological polar surface area (TPSA) is 47.3 Å². The summed E-state index contributed by atoms with van der Waals surface area (Å²) in [4.78, 5) is 1.48. The predicted octanol–water partition coefficient (Wildman–Crippen LogP) is 2.02. The molecule has 0 atom stereocenters. The Bertz CT molecular complexity index is 363. The fourth-order valence-corrected chi connectivity index (χ4v) is 2.20. The van der Waals surface area contributed by atoms with Gasteiger partial charge >= 0.3 is 0 Å². The molecule has 0 aliphatic carbocycles. The predicted molar refractivity (Wildman–Crippen MR) is 55.6 cm³/mol. The van der Waals surface area contributed by atoms with E-state index in [1.807, 2.05) is 0 Å². The standard InChI is InChI=1S/C9H9FN2OS/c10-6-2-1-3-7(13)8(6)12-4-5-14-9(12)11/h1-3,11,13H,4-5H2. The number of para-hydroxylation sites is 1. The van der Waals surface area contributed by atoms with E-state index >= 15 is 0 Å². The van der Waals surface area contributed by atoms with Crippen LogP contribution in [-0.4, -0.2) is 22.6 Å². The number of hydrogen-bond donors (Lipinski definition) is 2. The number of hydrogen-bond acceptors (Lipinski definition) is 3. The fourth-order valence-electron chi connectivity index (χ4n) is 1.40. The molecule has 0 aromatic heterocycles. The minimum atomic E-state index is -0.489. The second-order valence-electron chi connectivity index (χ2n) is 2.91. The van der Waals surface area contributed by atoms with Gasteiger partial charge in [0.2, 0.25) is 0 Å². The van der Waals surface area contributed by atoms with E-state index in [0.29, 0.717) is 6.54 Å². The van der Waals surface area contributed by atoms with Crippen LogP contribution in [-0.2, 0) is 0 Å². The van der Waals surface area contributed by atoms with Gasteiger partial charge in [0.15, 0.2) is 11.0 Å². The van der Waals surface area contributed by atoms with Crippen LogP contribution in [0.4, 0.5) is 10.1 Å². The van der Waals surface area contributed by atoms with E-state index in [1.54, 1.807) is 0 Å². The summed E-state index contributed by atoms with van der Waals surface area (Å²) in [5.74, 6) is 0.154. The van der Waals surface area contributed by atoms with Gasteiger partial charge < -0.3 is 10.0 Å². The molecule has 14 heavy (non-hydrogen) atoms. The highest BCUT2D eigenvalue weighted by molar-refractivity contribution is 8.14. The number of benzene rings is 1. The molecule has 0 spiro atoms. The summed E-state index contributed by atoms with van der Waals surface area (Å²) in [5, 5.41) is 17.3. The average Bonchev–Trinajstić information content (AvgIpc) is 2.52. The molecule has 1 aliphatic heterocycles. The van der Waals surface area contributed by atoms with Gasteiger partial charge in [0.05, 0.1) is 0 Å². The molecule has 1 heterocycles. The Balaban J connectivity index is 2.44. The van der Waals surface area contributed by atoms with E-state index in [0.717, 1.165) is 5.75 Å². The molecule has 74 valence electrons. The highest BCUT2D eigenvalue weighted by atomic mass is 32.2. The Morgan fingerprint density at radius 1 is 1.50 bits per heavy atom. The number of thioether (sulfide) groups is 1. The molecule has 0 saturated carbocycles. The Hall–Kier alpha value is -1.23. The van der Waals surface area contributed by atoms with Crippen molar-refractivity contribution in [1.82, 2.24) is 0 Å². The third kappa shape index (κ3) is 1.43. The van der Waals surface area contributed by atoms with Gasteiger partial charge in [-0.15, -0.1) is 0 Å². The average molecular weight is 212 g/mol. The smallest absolute Gasteiger partial charge is 0.161 e. The summed E-state index contributed by atoms with van der Waals surface area (Å²) in [6.07, 6.45) is 0. The zero-order chi connectivity index (χ0) is 10.1. The Morgan fingerprint density at radius 3 is 2.86 bits per heavy atom. The number of nitrogens with zero attached hydrogens (tertiary/aromatic N) is 1. The molecule has 0 amide bonds. The molecule has 1 saturated heterocycles. The number of phenols is 1. The first-order valence-electron chi connectivity index (χ1n) is 4.16. The Kier molecular flexibility index (Phi) is 2.33. The maximum absolute atomic E-state index is 13.4. The molecule has 1 aromatic carbocycles. The summed E-state index contributed by atoms with van der Waals surface area (Å²) < 4.78 is 13.4. The SMILES string of the molecule is N=C1SCCN1c1c(O)cccc1F. The molecular formula is C9H9FN2OS. The second-order valence-corrected chi connectivity index (χ2v) is 4.00. The van der Waals surface area contributed by atoms with Gasteiger partial charge in [-0.3, -0.25) is 5.41 Å². The molecule has 1 aromatic rings. The minimum absolute atomic E-state index is 0.113. The summed E-state index contributed by atoms with van der Waals surface area (Å²) in [7, 11) is 0. The van der Waals surface area contributed by atoms with Crippen molar-refractivity contribution in [3.63, 3.8) is 0 Å². The van der Waals surface area contributed by atoms with Gasteiger partial charge in [-0.2, -0.15) is 0 Å². The van der Waals surface area contributed by atoms with Crippen LogP contribution in [0.25, 0.3) is 0 Å². The van der Waals surface area contributed by atoms with Gasteiger partial charge in [-0.25, -0.2) is 4.39 Å². The van der Waals surface area contributed by atoms with E-state index in [1.165, 1.54) is 34.9 Å². The van der Waals surface area contributed by atoms with Crippen LogP contribution in [0.3, 0.4) is 0 Å². The first-order chi connectivity index (χ1) is 6.70. The van der Waals surface area contributed by atoms with Crippen molar-refractivity contribution in [2.45, 2.75) is 0 Å². The quantitative estimate of drug-likeness (QED) is 0.748. The maximum Gasteiger partial charge on any atom is 0.161 e. The number of halogens is 1. The lowest BCUT2D eigenvalue weighted by molar-refractivity contribution is 0.470. The molecule has 0 radical (unpaired) electrons. The van der Waals surface area contributed by atoms with Gasteiger partial charge in [-0.05, 0) is 12.1 Å². The molecule has 1 fully saturated rings. The summed E-state index contributed by atoms with van der Waals surface area (Å²) >= 11 is 1.35. The number of anilines is 1. The largest absolute Gasteiger partial charge is 0.506 e. The minimum Gasteiger partial charge on any atom is -0.506 e. The van der Waals surface area contributed by atoms with Crippen LogP contribution in [0.2, 0.25) is 0 Å². The molecule has 2 rings (SSSR count). The van der Waals surface area contributed by atoms with Crippen molar-refractivity contribution in [2.24, 2.45) is 0 Å². The highest BCUT2D eigenvalue weighted by Gasteiger charge is 2.24. The van der Waals surface area contributed by atoms with E-state index in [4.69, 9.17) is 5.41 Å². The van der Waals surface area contributed by atoms with Gasteiger partial charge in [0, 0.05) is 12.3 Å². The van der Waals surface area contributed by atoms with Gasteiger partial charge in [0.1, 0.15) is 11.4 Å². The highest BCUT2D eigenvalue weighted by Crippen LogP contribution is 2.34. The fraction of sp³-hybridized carbons (Fsp3) is 0.222. The third-order valence-corrected chi connectivity index (χ3v) is 2.91. The lowest BCUT2D eigenvalue weighted by Gasteiger charge is -2.18. The first-order valence-corrected chi connectivity index (χ1v) is 5.15. The first kappa shape index (κ1) is 9.33. The second kappa shape index (κ2) is 3.49. The van der Waals surface area contributed by atoms with E-state index in [2.05, 4.69) is 0 Å². The monoisotopic (exact) mass is 212 g/mol. The molecule has 3 nitrogen and oxygen atoms in total. The van der Waals surface area contributed by atoms with Crippen LogP contribution in [0.1, 0.15) is 0 Å². The number of nitrogens with one attached hydrogen (secondary N) is 1. The van der Waals surface area contributed by atoms with Crippen molar-refractivity contribution in [1.29, 1.82) is 5.41 Å². The molecule has 5 heteroatoms. The Morgan fingerprint density at radius 2 is 2.29 bits per heavy atom. The van der Waals surface area contributed by atoms with Crippen LogP contribution < -0.4 is 4.90 Å². The number of aromatic hydroxyl groups is 1. The molecular weight excluding hydrogens is 203 g/mol. The maximum atomic E-state index is 13.4. The van der Waals surface area contributed by atoms with Crippen molar-refractivity contribution in [3.8, 4) is 5.75 Å². The number of amidine groups is 1. The van der Waals surface area contributed by atoms with Crippen molar-refractivity contribution < 1.29 is 9.50 Å². The number of phenolic OH excluding ortho intramolecular Hbond substituents is 1. The summed E-state index contributed by atoms with van der Waals surface area (Å²) in [6.45, 7) is 0.567. The van der Waals surface area contributed by atoms with Crippen molar-refractivity contribution >= 4 is 22.6 Å². The molecule has 1 aliphatic rings. The van der Waals surface area contributed by atoms with Gasteiger partial charge in [-0.1, -0.05) is 17.8 Å². The zero-order valence-electron chi connectivity index (χ0n) is 7.33. The van der Waals surface area contributed by atoms with Crippen molar-refractivity contribution in [3.05, 3.63) is 24.0 Å². The van der Waals surface area contributed by atoms with E-state index < -0.39 is 5.82 Å². The third-order valence-electron chi connectivity index (χ3n) is 2.03. The molecule has 0 bridgehead atoms. The van der Waals surface area contributed by atoms with E-state index in [-0.39, 0.29) is 16.6 Å². The lowest BCUT2D eigenvalue weighted by atomic mass is 10.2. The normalized spacial score (nSPS) is 16.4. The van der Waals surface area contributed by atoms with E-state index in [9.17, 15) is 9.50 Å². The molecule has 0 unspecified atom stereocenters. The van der Waals surface area contributed by atoms with Crippen LogP contribution >= 0.6 is 11.8 Å². The van der Waals surface area contributed by atoms with Crippen molar-refractivity contribution in [2.75, 3.05) is 17.2 Å². The van der Waals surface area contributed by atoms with Crippen LogP contribution in [0.15, 0.2) is 18.2 Å². The lowest BCUT2D eigenvalue weighted by Crippen LogP contribution is -2.23. The van der Waals surface area contributed by atoms with Crippen LogP contribution in [0.5, 0.6) is 5.75 Å². The summed E-state index contributed by atoms with van der Waals surface area (Å²) in [6, 6.07) is 4.15. The molecule has 2 N–H and O–H groups in total.